The first-order chi connectivity index (χ1) is 16.0. The molecular formula is C22H27F5NO4PS. The summed E-state index contributed by atoms with van der Waals surface area (Å²) in [5.41, 5.74) is 1.66. The van der Waals surface area contributed by atoms with Gasteiger partial charge in [-0.3, -0.25) is 4.57 Å². The van der Waals surface area contributed by atoms with E-state index in [0.29, 0.717) is 16.2 Å². The number of rotatable bonds is 15. The van der Waals surface area contributed by atoms with Gasteiger partial charge in [-0.2, -0.15) is 8.78 Å². The fourth-order valence-corrected chi connectivity index (χ4v) is 4.40. The van der Waals surface area contributed by atoms with E-state index in [-0.39, 0.29) is 18.8 Å². The molecule has 34 heavy (non-hydrogen) atoms. The van der Waals surface area contributed by atoms with Crippen molar-refractivity contribution in [2.24, 2.45) is 0 Å². The number of halogens is 5. The number of unbranched alkanes of at least 4 members (excludes halogenated alkanes) is 2. The Hall–Kier alpha value is -1.65. The van der Waals surface area contributed by atoms with Crippen LogP contribution in [0.15, 0.2) is 53.4 Å². The summed E-state index contributed by atoms with van der Waals surface area (Å²) in [4.78, 5) is 8.78. The van der Waals surface area contributed by atoms with Gasteiger partial charge < -0.3 is 14.9 Å². The molecule has 0 saturated heterocycles. The third-order valence-electron chi connectivity index (χ3n) is 4.60. The third kappa shape index (κ3) is 12.2. The van der Waals surface area contributed by atoms with E-state index >= 15 is 0 Å². The molecule has 190 valence electrons. The van der Waals surface area contributed by atoms with Gasteiger partial charge in [0.2, 0.25) is 0 Å². The number of benzene rings is 2. The van der Waals surface area contributed by atoms with Crippen LogP contribution in [-0.4, -0.2) is 29.7 Å². The number of thioether (sulfide) groups is 1. The van der Waals surface area contributed by atoms with Crippen molar-refractivity contribution in [1.29, 1.82) is 0 Å². The Labute approximate surface area is 200 Å². The predicted octanol–water partition coefficient (Wildman–Crippen LogP) is 6.56. The molecule has 0 aliphatic heterocycles. The molecule has 0 aromatic heterocycles. The molecular weight excluding hydrogens is 500 g/mol. The smallest absolute Gasteiger partial charge is 0.405 e. The van der Waals surface area contributed by atoms with Gasteiger partial charge in [0.15, 0.2) is 0 Å². The molecule has 2 rings (SSSR count). The summed E-state index contributed by atoms with van der Waals surface area (Å²) in [6.45, 7) is -0.278. The quantitative estimate of drug-likeness (QED) is 0.118. The second-order valence-corrected chi connectivity index (χ2v) is 9.28. The highest BCUT2D eigenvalue weighted by Crippen LogP contribution is 2.35. The lowest BCUT2D eigenvalue weighted by atomic mass is 10.1. The van der Waals surface area contributed by atoms with E-state index in [4.69, 9.17) is 4.89 Å². The number of hydrogen-bond acceptors (Lipinski definition) is 5. The summed E-state index contributed by atoms with van der Waals surface area (Å²) >= 11 is 1.27. The van der Waals surface area contributed by atoms with Crippen LogP contribution < -0.4 is 10.1 Å². The Morgan fingerprint density at radius 2 is 1.71 bits per heavy atom. The van der Waals surface area contributed by atoms with Gasteiger partial charge in [0.25, 0.3) is 0 Å². The van der Waals surface area contributed by atoms with Gasteiger partial charge in [0.05, 0.1) is 6.42 Å². The summed E-state index contributed by atoms with van der Waals surface area (Å²) in [7, 11) is -3.79. The minimum absolute atomic E-state index is 0.00302. The molecule has 0 saturated carbocycles. The zero-order chi connectivity index (χ0) is 25.0. The summed E-state index contributed by atoms with van der Waals surface area (Å²) < 4.78 is 83.3. The SMILES string of the molecule is O=[PH](O)OC(F)(F)CCNCc1ccc(SCCCCCc2ccccc2)c(OC(F)(F)F)c1. The second-order valence-electron chi connectivity index (χ2n) is 7.41. The Morgan fingerprint density at radius 1 is 0.971 bits per heavy atom. The minimum atomic E-state index is -4.86. The highest BCUT2D eigenvalue weighted by Gasteiger charge is 2.33. The lowest BCUT2D eigenvalue weighted by molar-refractivity contribution is -0.275. The molecule has 2 aromatic carbocycles. The maximum Gasteiger partial charge on any atom is 0.573 e. The zero-order valence-corrected chi connectivity index (χ0v) is 20.1. The Bertz CT molecular complexity index is 903. The molecule has 0 spiro atoms. The summed E-state index contributed by atoms with van der Waals surface area (Å²) in [5.74, 6) is 0.289. The maximum atomic E-state index is 13.2. The average molecular weight is 527 g/mol. The number of nitrogens with one attached hydrogen (secondary N) is 1. The molecule has 0 fully saturated rings. The summed E-state index contributed by atoms with van der Waals surface area (Å²) in [6, 6.07) is 14.4. The van der Waals surface area contributed by atoms with Gasteiger partial charge in [-0.1, -0.05) is 42.8 Å². The van der Waals surface area contributed by atoms with Gasteiger partial charge in [-0.05, 0) is 48.3 Å². The number of ether oxygens (including phenoxy) is 1. The van der Waals surface area contributed by atoms with Crippen LogP contribution in [-0.2, 0) is 22.1 Å². The zero-order valence-electron chi connectivity index (χ0n) is 18.2. The molecule has 0 amide bonds. The van der Waals surface area contributed by atoms with E-state index in [1.165, 1.54) is 29.5 Å². The van der Waals surface area contributed by atoms with Gasteiger partial charge in [0.1, 0.15) is 5.75 Å². The Kier molecular flexibility index (Phi) is 11.8. The van der Waals surface area contributed by atoms with E-state index in [9.17, 15) is 26.5 Å². The van der Waals surface area contributed by atoms with Crippen molar-refractivity contribution in [2.75, 3.05) is 12.3 Å². The minimum Gasteiger partial charge on any atom is -0.405 e. The molecule has 1 atom stereocenters. The van der Waals surface area contributed by atoms with Crippen LogP contribution in [0.1, 0.15) is 36.8 Å². The largest absolute Gasteiger partial charge is 0.573 e. The van der Waals surface area contributed by atoms with Crippen molar-refractivity contribution >= 4 is 20.0 Å². The van der Waals surface area contributed by atoms with Crippen LogP contribution >= 0.6 is 20.0 Å². The fourth-order valence-electron chi connectivity index (χ4n) is 3.07. The molecule has 1 unspecified atom stereocenters. The molecule has 0 heterocycles. The topological polar surface area (TPSA) is 67.8 Å². The lowest BCUT2D eigenvalue weighted by Gasteiger charge is -2.16. The normalized spacial score (nSPS) is 13.1. The van der Waals surface area contributed by atoms with Crippen molar-refractivity contribution in [3.8, 4) is 5.75 Å². The van der Waals surface area contributed by atoms with E-state index < -0.39 is 27.1 Å². The van der Waals surface area contributed by atoms with Crippen molar-refractivity contribution in [1.82, 2.24) is 5.32 Å². The number of aryl methyl sites for hydroxylation is 1. The number of alkyl halides is 5. The van der Waals surface area contributed by atoms with E-state index in [1.54, 1.807) is 6.07 Å². The predicted molar refractivity (Wildman–Crippen MR) is 121 cm³/mol. The first-order valence-corrected chi connectivity index (χ1v) is 12.8. The molecule has 2 N–H and O–H groups in total. The Morgan fingerprint density at radius 3 is 2.38 bits per heavy atom. The highest BCUT2D eigenvalue weighted by molar-refractivity contribution is 7.99. The van der Waals surface area contributed by atoms with Gasteiger partial charge >= 0.3 is 20.7 Å². The van der Waals surface area contributed by atoms with Crippen molar-refractivity contribution in [3.05, 3.63) is 59.7 Å². The van der Waals surface area contributed by atoms with Crippen LogP contribution in [0, 0.1) is 0 Å². The van der Waals surface area contributed by atoms with Gasteiger partial charge in [-0.25, -0.2) is 4.52 Å². The first-order valence-electron chi connectivity index (χ1n) is 10.6. The lowest BCUT2D eigenvalue weighted by Crippen LogP contribution is -2.25. The molecule has 0 radical (unpaired) electrons. The van der Waals surface area contributed by atoms with Crippen LogP contribution in [0.25, 0.3) is 0 Å². The first kappa shape index (κ1) is 28.6. The maximum absolute atomic E-state index is 13.2. The Balaban J connectivity index is 1.83. The number of hydrogen-bond donors (Lipinski definition) is 2. The van der Waals surface area contributed by atoms with Crippen molar-refractivity contribution in [2.45, 2.75) is 56.0 Å². The molecule has 0 aliphatic rings. The summed E-state index contributed by atoms with van der Waals surface area (Å²) in [6.07, 6.45) is -5.79. The van der Waals surface area contributed by atoms with Crippen LogP contribution in [0.5, 0.6) is 5.75 Å². The van der Waals surface area contributed by atoms with E-state index in [1.807, 2.05) is 18.2 Å². The van der Waals surface area contributed by atoms with E-state index in [2.05, 4.69) is 26.7 Å². The fraction of sp³-hybridized carbons (Fsp3) is 0.455. The highest BCUT2D eigenvalue weighted by atomic mass is 32.2. The second kappa shape index (κ2) is 14.0. The monoisotopic (exact) mass is 527 g/mol. The average Bonchev–Trinajstić information content (AvgIpc) is 2.73. The van der Waals surface area contributed by atoms with Crippen molar-refractivity contribution < 1.29 is 40.7 Å². The molecule has 5 nitrogen and oxygen atoms in total. The molecule has 0 aliphatic carbocycles. The molecule has 2 aromatic rings. The molecule has 12 heteroatoms. The standard InChI is InChI=1S/C22H27F5NO4PS/c23-21(24,32-33(29)30)12-13-28-16-18-10-11-20(19(15-18)31-22(25,26)27)34-14-6-2-5-9-17-7-3-1-4-8-17/h1,3-4,7-8,10-11,15,28,33H,2,5-6,9,12-14,16H2,(H,29,30). The van der Waals surface area contributed by atoms with Crippen LogP contribution in [0.2, 0.25) is 0 Å². The molecule has 0 bridgehead atoms. The van der Waals surface area contributed by atoms with Crippen LogP contribution in [0.3, 0.4) is 0 Å². The van der Waals surface area contributed by atoms with E-state index in [0.717, 1.165) is 25.7 Å². The van der Waals surface area contributed by atoms with Gasteiger partial charge in [-0.15, -0.1) is 24.9 Å². The third-order valence-corrected chi connectivity index (χ3v) is 6.22. The van der Waals surface area contributed by atoms with Crippen molar-refractivity contribution in [3.63, 3.8) is 0 Å². The van der Waals surface area contributed by atoms with Gasteiger partial charge in [0, 0.05) is 18.0 Å². The summed E-state index contributed by atoms with van der Waals surface area (Å²) in [5, 5.41) is 2.64. The van der Waals surface area contributed by atoms with Crippen LogP contribution in [0.4, 0.5) is 22.0 Å².